The first-order chi connectivity index (χ1) is 7.75. The monoisotopic (exact) mass is 222 g/mol. The zero-order valence-electron chi connectivity index (χ0n) is 9.49. The van der Waals surface area contributed by atoms with Gasteiger partial charge >= 0.3 is 0 Å². The summed E-state index contributed by atoms with van der Waals surface area (Å²) < 4.78 is 13.3. The van der Waals surface area contributed by atoms with Crippen LogP contribution in [0, 0.1) is 5.82 Å². The molecule has 1 aliphatic heterocycles. The second kappa shape index (κ2) is 5.07. The van der Waals surface area contributed by atoms with Crippen LogP contribution in [0.1, 0.15) is 5.56 Å². The van der Waals surface area contributed by atoms with Crippen molar-refractivity contribution in [2.75, 3.05) is 33.2 Å². The van der Waals surface area contributed by atoms with Crippen molar-refractivity contribution in [1.82, 2.24) is 5.01 Å². The van der Waals surface area contributed by atoms with Gasteiger partial charge in [-0.15, -0.1) is 0 Å². The second-order valence-electron chi connectivity index (χ2n) is 4.18. The molecule has 0 unspecified atom stereocenters. The van der Waals surface area contributed by atoms with E-state index in [0.717, 1.165) is 26.2 Å². The summed E-state index contributed by atoms with van der Waals surface area (Å²) >= 11 is 0. The Bertz CT molecular complexity index is 370. The van der Waals surface area contributed by atoms with Gasteiger partial charge in [0.05, 0.1) is 39.4 Å². The summed E-state index contributed by atoms with van der Waals surface area (Å²) in [6.45, 7) is 4.07. The number of quaternary nitrogens is 1. The lowest BCUT2D eigenvalue weighted by molar-refractivity contribution is -0.884. The van der Waals surface area contributed by atoms with Crippen LogP contribution in [0.15, 0.2) is 29.4 Å². The topological polar surface area (TPSA) is 20.0 Å². The van der Waals surface area contributed by atoms with E-state index in [2.05, 4.69) is 12.1 Å². The Labute approximate surface area is 95.2 Å². The van der Waals surface area contributed by atoms with Gasteiger partial charge in [0.1, 0.15) is 5.82 Å². The molecule has 1 N–H and O–H groups in total. The summed E-state index contributed by atoms with van der Waals surface area (Å²) in [5.74, 6) is -0.217. The Morgan fingerprint density at radius 1 is 1.31 bits per heavy atom. The van der Waals surface area contributed by atoms with Gasteiger partial charge in [0.15, 0.2) is 0 Å². The van der Waals surface area contributed by atoms with E-state index in [1.54, 1.807) is 18.3 Å². The molecule has 16 heavy (non-hydrogen) atoms. The molecule has 1 fully saturated rings. The Kier molecular flexibility index (Phi) is 3.51. The molecule has 0 aromatic heterocycles. The maximum absolute atomic E-state index is 13.3. The number of likely N-dealkylation sites (N-methyl/N-ethyl adjacent to an activating group) is 1. The molecular formula is C12H17FN3+. The van der Waals surface area contributed by atoms with E-state index >= 15 is 0 Å². The second-order valence-corrected chi connectivity index (χ2v) is 4.18. The fourth-order valence-electron chi connectivity index (χ4n) is 1.72. The van der Waals surface area contributed by atoms with E-state index in [1.165, 1.54) is 11.0 Å². The predicted octanol–water partition coefficient (Wildman–Crippen LogP) is -0.0101. The minimum atomic E-state index is -0.217. The highest BCUT2D eigenvalue weighted by Gasteiger charge is 2.13. The first-order valence-electron chi connectivity index (χ1n) is 5.60. The van der Waals surface area contributed by atoms with Crippen LogP contribution >= 0.6 is 0 Å². The molecule has 1 aromatic carbocycles. The molecule has 86 valence electrons. The molecule has 3 nitrogen and oxygen atoms in total. The van der Waals surface area contributed by atoms with Crippen molar-refractivity contribution in [3.05, 3.63) is 35.6 Å². The molecule has 0 saturated carbocycles. The minimum absolute atomic E-state index is 0.217. The van der Waals surface area contributed by atoms with E-state index in [1.807, 2.05) is 11.1 Å². The van der Waals surface area contributed by atoms with Gasteiger partial charge in [0, 0.05) is 5.56 Å². The molecule has 1 aromatic rings. The van der Waals surface area contributed by atoms with Crippen LogP contribution < -0.4 is 4.90 Å². The van der Waals surface area contributed by atoms with Gasteiger partial charge in [-0.25, -0.2) is 4.39 Å². The van der Waals surface area contributed by atoms with E-state index < -0.39 is 0 Å². The van der Waals surface area contributed by atoms with Crippen LogP contribution in [0.5, 0.6) is 0 Å². The number of rotatable bonds is 2. The highest BCUT2D eigenvalue weighted by molar-refractivity contribution is 5.79. The Morgan fingerprint density at radius 2 is 2.00 bits per heavy atom. The van der Waals surface area contributed by atoms with Gasteiger partial charge in [-0.05, 0) is 6.07 Å². The number of benzene rings is 1. The molecule has 0 aliphatic carbocycles. The maximum Gasteiger partial charge on any atom is 0.132 e. The van der Waals surface area contributed by atoms with Crippen molar-refractivity contribution in [2.24, 2.45) is 5.10 Å². The average Bonchev–Trinajstić information content (AvgIpc) is 2.30. The van der Waals surface area contributed by atoms with Crippen molar-refractivity contribution in [3.63, 3.8) is 0 Å². The highest BCUT2D eigenvalue weighted by atomic mass is 19.1. The molecule has 1 aliphatic rings. The van der Waals surface area contributed by atoms with Gasteiger partial charge in [0.2, 0.25) is 0 Å². The molecule has 0 bridgehead atoms. The quantitative estimate of drug-likeness (QED) is 0.698. The summed E-state index contributed by atoms with van der Waals surface area (Å²) in [7, 11) is 2.18. The summed E-state index contributed by atoms with van der Waals surface area (Å²) in [4.78, 5) is 1.53. The van der Waals surface area contributed by atoms with Crippen molar-refractivity contribution < 1.29 is 9.29 Å². The van der Waals surface area contributed by atoms with Crippen molar-refractivity contribution in [1.29, 1.82) is 0 Å². The van der Waals surface area contributed by atoms with Crippen molar-refractivity contribution in [2.45, 2.75) is 0 Å². The average molecular weight is 222 g/mol. The molecule has 1 saturated heterocycles. The fourth-order valence-corrected chi connectivity index (χ4v) is 1.72. The lowest BCUT2D eigenvalue weighted by Crippen LogP contribution is -3.11. The normalized spacial score (nSPS) is 18.2. The Balaban J connectivity index is 1.97. The van der Waals surface area contributed by atoms with Gasteiger partial charge < -0.3 is 4.90 Å². The van der Waals surface area contributed by atoms with E-state index in [0.29, 0.717) is 5.56 Å². The summed E-state index contributed by atoms with van der Waals surface area (Å²) in [5.41, 5.74) is 0.550. The number of hydrogen-bond acceptors (Lipinski definition) is 2. The van der Waals surface area contributed by atoms with Crippen molar-refractivity contribution >= 4 is 6.21 Å². The summed E-state index contributed by atoms with van der Waals surface area (Å²) in [6, 6.07) is 6.69. The van der Waals surface area contributed by atoms with Crippen molar-refractivity contribution in [3.8, 4) is 0 Å². The lowest BCUT2D eigenvalue weighted by Gasteiger charge is -2.27. The number of hydrazone groups is 1. The molecule has 0 amide bonds. The molecule has 2 rings (SSSR count). The van der Waals surface area contributed by atoms with Gasteiger partial charge in [0.25, 0.3) is 0 Å². The minimum Gasteiger partial charge on any atom is -0.334 e. The van der Waals surface area contributed by atoms with E-state index in [9.17, 15) is 4.39 Å². The van der Waals surface area contributed by atoms with Crippen LogP contribution in [-0.2, 0) is 0 Å². The van der Waals surface area contributed by atoms with E-state index in [4.69, 9.17) is 0 Å². The van der Waals surface area contributed by atoms with Crippen LogP contribution in [0.25, 0.3) is 0 Å². The van der Waals surface area contributed by atoms with Crippen LogP contribution in [0.4, 0.5) is 4.39 Å². The third-order valence-electron chi connectivity index (χ3n) is 2.86. The third-order valence-corrected chi connectivity index (χ3v) is 2.86. The number of hydrogen-bond donors (Lipinski definition) is 1. The van der Waals surface area contributed by atoms with Crippen LogP contribution in [0.3, 0.4) is 0 Å². The fraction of sp³-hybridized carbons (Fsp3) is 0.417. The Morgan fingerprint density at radius 3 is 2.69 bits per heavy atom. The Hall–Kier alpha value is -1.42. The molecule has 4 heteroatoms. The highest BCUT2D eigenvalue weighted by Crippen LogP contribution is 2.03. The first-order valence-corrected chi connectivity index (χ1v) is 5.60. The SMILES string of the molecule is C[NH+]1CCN(/N=C\c2ccccc2F)CC1. The van der Waals surface area contributed by atoms with Gasteiger partial charge in [-0.2, -0.15) is 5.10 Å². The molecule has 0 radical (unpaired) electrons. The smallest absolute Gasteiger partial charge is 0.132 e. The molecule has 0 spiro atoms. The number of piperazine rings is 1. The zero-order chi connectivity index (χ0) is 11.4. The first kappa shape index (κ1) is 11.1. The number of nitrogens with zero attached hydrogens (tertiary/aromatic N) is 2. The standard InChI is InChI=1S/C12H16FN3/c1-15-6-8-16(9-7-15)14-10-11-4-2-3-5-12(11)13/h2-5,10H,6-9H2,1H3/p+1/b14-10-. The molecule has 0 atom stereocenters. The zero-order valence-corrected chi connectivity index (χ0v) is 9.49. The number of halogens is 1. The lowest BCUT2D eigenvalue weighted by atomic mass is 10.2. The van der Waals surface area contributed by atoms with Gasteiger partial charge in [-0.3, -0.25) is 5.01 Å². The van der Waals surface area contributed by atoms with Gasteiger partial charge in [-0.1, -0.05) is 18.2 Å². The molecule has 1 heterocycles. The molecular weight excluding hydrogens is 205 g/mol. The van der Waals surface area contributed by atoms with Crippen LogP contribution in [-0.4, -0.2) is 44.5 Å². The summed E-state index contributed by atoms with van der Waals surface area (Å²) in [5, 5.41) is 6.30. The van der Waals surface area contributed by atoms with E-state index in [-0.39, 0.29) is 5.82 Å². The number of nitrogens with one attached hydrogen (secondary N) is 1. The largest absolute Gasteiger partial charge is 0.334 e. The van der Waals surface area contributed by atoms with Crippen LogP contribution in [0.2, 0.25) is 0 Å². The third kappa shape index (κ3) is 2.79. The predicted molar refractivity (Wildman–Crippen MR) is 62.2 cm³/mol. The summed E-state index contributed by atoms with van der Waals surface area (Å²) in [6.07, 6.45) is 1.61. The maximum atomic E-state index is 13.3.